The predicted molar refractivity (Wildman–Crippen MR) is 6.44 cm³/mol. The molecule has 26 valence electrons. The molecule has 0 rings (SSSR count). The maximum absolute atomic E-state index is 8.52. The standard InChI is InChI=1S/O3Si.Ti/c1-4(2)3;/q-2;+2. The normalized spacial score (nSPS) is 4.80. The average molecular weight is 124 g/mol. The molecular weight excluding hydrogens is 124 g/mol. The van der Waals surface area contributed by atoms with Crippen molar-refractivity contribution in [2.24, 2.45) is 0 Å². The Morgan fingerprint density at radius 3 is 1.40 bits per heavy atom. The Morgan fingerprint density at radius 2 is 1.40 bits per heavy atom. The minimum Gasteiger partial charge on any atom is -0.672 e. The van der Waals surface area contributed by atoms with Crippen molar-refractivity contribution >= 4 is 9.17 Å². The first-order valence-corrected chi connectivity index (χ1v) is 1.84. The summed E-state index contributed by atoms with van der Waals surface area (Å²) in [6.07, 6.45) is 0. The zero-order chi connectivity index (χ0) is 3.58. The van der Waals surface area contributed by atoms with E-state index in [2.05, 4.69) is 0 Å². The van der Waals surface area contributed by atoms with Crippen LogP contribution in [0.15, 0.2) is 0 Å². The first-order valence-electron chi connectivity index (χ1n) is 0.612. The van der Waals surface area contributed by atoms with Crippen LogP contribution >= 0.6 is 0 Å². The van der Waals surface area contributed by atoms with Gasteiger partial charge in [-0.1, -0.05) is 0 Å². The van der Waals surface area contributed by atoms with Gasteiger partial charge in [0.2, 0.25) is 0 Å². The third kappa shape index (κ3) is 215. The van der Waals surface area contributed by atoms with Gasteiger partial charge in [0.25, 0.3) is 0 Å². The molecule has 0 aliphatic carbocycles. The van der Waals surface area contributed by atoms with Crippen LogP contribution in [0.4, 0.5) is 0 Å². The molecule has 0 aromatic carbocycles. The second kappa shape index (κ2) is 4.33. The molecule has 0 unspecified atom stereocenters. The zero-order valence-electron chi connectivity index (χ0n) is 2.22. The summed E-state index contributed by atoms with van der Waals surface area (Å²) in [6.45, 7) is 0. The van der Waals surface area contributed by atoms with Crippen molar-refractivity contribution in [3.63, 3.8) is 0 Å². The minimum atomic E-state index is -3.63. The Balaban J connectivity index is 0. The fraction of sp³-hybridized carbons (Fsp3) is 0. The molecule has 0 radical (unpaired) electrons. The molecule has 0 saturated heterocycles. The van der Waals surface area contributed by atoms with E-state index in [1.54, 1.807) is 0 Å². The van der Waals surface area contributed by atoms with E-state index in [0.717, 1.165) is 0 Å². The molecule has 5 heavy (non-hydrogen) atoms. The Bertz CT molecular complexity index is 29.9. The van der Waals surface area contributed by atoms with Crippen LogP contribution in [0, 0.1) is 0 Å². The molecule has 0 heterocycles. The van der Waals surface area contributed by atoms with Gasteiger partial charge in [-0.2, -0.15) is 0 Å². The quantitative estimate of drug-likeness (QED) is 0.326. The van der Waals surface area contributed by atoms with Crippen LogP contribution in [0.5, 0.6) is 0 Å². The predicted octanol–water partition coefficient (Wildman–Crippen LogP) is -2.88. The largest absolute Gasteiger partial charge is 2.00 e. The molecule has 0 aliphatic rings. The first kappa shape index (κ1) is 9.01. The summed E-state index contributed by atoms with van der Waals surface area (Å²) in [4.78, 5) is 17.0. The van der Waals surface area contributed by atoms with Crippen LogP contribution in [0.3, 0.4) is 0 Å². The Hall–Kier alpha value is 0.331. The van der Waals surface area contributed by atoms with Crippen LogP contribution < -0.4 is 9.59 Å². The van der Waals surface area contributed by atoms with E-state index < -0.39 is 9.17 Å². The smallest absolute Gasteiger partial charge is 0.672 e. The molecule has 0 amide bonds. The van der Waals surface area contributed by atoms with Crippen LogP contribution in [0.2, 0.25) is 0 Å². The fourth-order valence-corrected chi connectivity index (χ4v) is 0. The second-order valence-corrected chi connectivity index (χ2v) is 0.750. The SMILES string of the molecule is O=[Si]([O-])[O-].[Ti+2]. The molecule has 0 bridgehead atoms. The maximum Gasteiger partial charge on any atom is 2.00 e. The van der Waals surface area contributed by atoms with Crippen molar-refractivity contribution in [1.82, 2.24) is 0 Å². The van der Waals surface area contributed by atoms with Crippen LogP contribution in [0.1, 0.15) is 0 Å². The summed E-state index contributed by atoms with van der Waals surface area (Å²) in [5.74, 6) is 0. The summed E-state index contributed by atoms with van der Waals surface area (Å²) >= 11 is 0. The van der Waals surface area contributed by atoms with Crippen molar-refractivity contribution in [2.75, 3.05) is 0 Å². The van der Waals surface area contributed by atoms with Crippen LogP contribution in [-0.2, 0) is 26.2 Å². The van der Waals surface area contributed by atoms with E-state index in [0.29, 0.717) is 0 Å². The van der Waals surface area contributed by atoms with Crippen molar-refractivity contribution in [2.45, 2.75) is 0 Å². The van der Waals surface area contributed by atoms with Gasteiger partial charge in [-0.05, 0) is 0 Å². The Morgan fingerprint density at radius 1 is 1.40 bits per heavy atom. The van der Waals surface area contributed by atoms with E-state index in [9.17, 15) is 0 Å². The average Bonchev–Trinajstić information content (AvgIpc) is 0.811. The van der Waals surface area contributed by atoms with E-state index in [4.69, 9.17) is 14.1 Å². The summed E-state index contributed by atoms with van der Waals surface area (Å²) in [6, 6.07) is 0. The zero-order valence-corrected chi connectivity index (χ0v) is 4.79. The fourth-order valence-electron chi connectivity index (χ4n) is 0. The minimum absolute atomic E-state index is 0. The van der Waals surface area contributed by atoms with E-state index in [-0.39, 0.29) is 21.7 Å². The third-order valence-electron chi connectivity index (χ3n) is 0. The van der Waals surface area contributed by atoms with Crippen molar-refractivity contribution < 1.29 is 35.8 Å². The monoisotopic (exact) mass is 124 g/mol. The van der Waals surface area contributed by atoms with Gasteiger partial charge < -0.3 is 14.1 Å². The molecule has 0 fully saturated rings. The van der Waals surface area contributed by atoms with E-state index in [1.165, 1.54) is 0 Å². The molecule has 3 nitrogen and oxygen atoms in total. The van der Waals surface area contributed by atoms with Gasteiger partial charge in [-0.3, -0.25) is 0 Å². The van der Waals surface area contributed by atoms with Gasteiger partial charge in [0.05, 0.1) is 0 Å². The number of rotatable bonds is 0. The molecule has 0 N–H and O–H groups in total. The van der Waals surface area contributed by atoms with Gasteiger partial charge in [0, 0.05) is 9.17 Å². The molecular formula is O3SiTi. The van der Waals surface area contributed by atoms with Crippen molar-refractivity contribution in [3.05, 3.63) is 0 Å². The van der Waals surface area contributed by atoms with E-state index in [1.807, 2.05) is 0 Å². The molecule has 0 aromatic rings. The van der Waals surface area contributed by atoms with Gasteiger partial charge in [-0.15, -0.1) is 0 Å². The summed E-state index contributed by atoms with van der Waals surface area (Å²) in [5.41, 5.74) is 0. The summed E-state index contributed by atoms with van der Waals surface area (Å²) < 4.78 is 8.52. The van der Waals surface area contributed by atoms with Crippen LogP contribution in [0.25, 0.3) is 0 Å². The van der Waals surface area contributed by atoms with E-state index >= 15 is 0 Å². The maximum atomic E-state index is 8.52. The molecule has 0 aliphatic heterocycles. The van der Waals surface area contributed by atoms with Crippen molar-refractivity contribution in [1.29, 1.82) is 0 Å². The molecule has 0 aromatic heterocycles. The second-order valence-electron chi connectivity index (χ2n) is 0.250. The van der Waals surface area contributed by atoms with Crippen LogP contribution in [-0.4, -0.2) is 9.17 Å². The molecule has 0 atom stereocenters. The first-order chi connectivity index (χ1) is 1.73. The number of hydrogen-bond donors (Lipinski definition) is 0. The van der Waals surface area contributed by atoms with Gasteiger partial charge in [0.15, 0.2) is 0 Å². The third-order valence-corrected chi connectivity index (χ3v) is 0. The van der Waals surface area contributed by atoms with Gasteiger partial charge in [0.1, 0.15) is 0 Å². The molecule has 0 spiro atoms. The topological polar surface area (TPSA) is 63.2 Å². The van der Waals surface area contributed by atoms with Gasteiger partial charge >= 0.3 is 21.7 Å². The number of hydrogen-bond acceptors (Lipinski definition) is 3. The Labute approximate surface area is 45.4 Å². The molecule has 5 heteroatoms. The summed E-state index contributed by atoms with van der Waals surface area (Å²) in [7, 11) is -3.63. The van der Waals surface area contributed by atoms with Crippen molar-refractivity contribution in [3.8, 4) is 0 Å². The van der Waals surface area contributed by atoms with Gasteiger partial charge in [-0.25, -0.2) is 0 Å². The molecule has 0 saturated carbocycles. The Kier molecular flexibility index (Phi) is 7.81. The summed E-state index contributed by atoms with van der Waals surface area (Å²) in [5, 5.41) is 0.